The van der Waals surface area contributed by atoms with Crippen LogP contribution < -0.4 is 10.6 Å². The first-order chi connectivity index (χ1) is 10.6. The average Bonchev–Trinajstić information content (AvgIpc) is 2.47. The first-order valence-corrected chi connectivity index (χ1v) is 9.15. The van der Waals surface area contributed by atoms with E-state index in [4.69, 9.17) is 0 Å². The molecule has 1 aromatic carbocycles. The molecule has 1 aromatic rings. The van der Waals surface area contributed by atoms with Gasteiger partial charge in [0.2, 0.25) is 15.9 Å². The van der Waals surface area contributed by atoms with Crippen molar-refractivity contribution < 1.29 is 18.0 Å². The predicted molar refractivity (Wildman–Crippen MR) is 90.6 cm³/mol. The van der Waals surface area contributed by atoms with E-state index in [1.165, 1.54) is 32.3 Å². The van der Waals surface area contributed by atoms with Crippen LogP contribution in [0.25, 0.3) is 0 Å². The Morgan fingerprint density at radius 3 is 2.43 bits per heavy atom. The van der Waals surface area contributed by atoms with Crippen molar-refractivity contribution in [2.24, 2.45) is 0 Å². The molecule has 0 aliphatic carbocycles. The Hall–Kier alpha value is -1.45. The lowest BCUT2D eigenvalue weighted by molar-refractivity contribution is -0.122. The zero-order chi connectivity index (χ0) is 17.8. The van der Waals surface area contributed by atoms with Crippen molar-refractivity contribution in [1.29, 1.82) is 0 Å². The lowest BCUT2D eigenvalue weighted by Crippen LogP contribution is -2.44. The van der Waals surface area contributed by atoms with Crippen molar-refractivity contribution in [1.82, 2.24) is 14.9 Å². The molecule has 23 heavy (non-hydrogen) atoms. The maximum Gasteiger partial charge on any atom is 0.251 e. The average molecular weight is 406 g/mol. The van der Waals surface area contributed by atoms with E-state index in [0.717, 1.165) is 4.31 Å². The highest BCUT2D eigenvalue weighted by molar-refractivity contribution is 9.10. The van der Waals surface area contributed by atoms with Crippen LogP contribution in [-0.4, -0.2) is 51.2 Å². The Bertz CT molecular complexity index is 704. The summed E-state index contributed by atoms with van der Waals surface area (Å²) >= 11 is 3.18. The van der Waals surface area contributed by atoms with Gasteiger partial charge in [-0.2, -0.15) is 0 Å². The van der Waals surface area contributed by atoms with Gasteiger partial charge in [-0.05, 0) is 48.0 Å². The summed E-state index contributed by atoms with van der Waals surface area (Å²) in [6.45, 7) is 3.79. The number of nitrogens with zero attached hydrogens (tertiary/aromatic N) is 1. The summed E-state index contributed by atoms with van der Waals surface area (Å²) < 4.78 is 25.9. The summed E-state index contributed by atoms with van der Waals surface area (Å²) in [5.41, 5.74) is 0.157. The van der Waals surface area contributed by atoms with E-state index in [1.807, 2.05) is 0 Å². The standard InChI is InChI=1S/C14H20BrN3O4S/c1-5-16-13(19)9(2)17-14(20)10-6-7-11(15)12(8-10)23(21,22)18(3)4/h6-9H,5H2,1-4H3,(H,16,19)(H,17,20)/t9-/m1/s1. The van der Waals surface area contributed by atoms with Gasteiger partial charge in [0.1, 0.15) is 6.04 Å². The molecule has 1 rings (SSSR count). The van der Waals surface area contributed by atoms with Crippen LogP contribution in [0.5, 0.6) is 0 Å². The molecule has 0 radical (unpaired) electrons. The van der Waals surface area contributed by atoms with Crippen LogP contribution in [0.1, 0.15) is 24.2 Å². The zero-order valence-electron chi connectivity index (χ0n) is 13.4. The Morgan fingerprint density at radius 2 is 1.91 bits per heavy atom. The lowest BCUT2D eigenvalue weighted by Gasteiger charge is -2.16. The van der Waals surface area contributed by atoms with Gasteiger partial charge in [-0.3, -0.25) is 9.59 Å². The molecule has 0 aliphatic rings. The monoisotopic (exact) mass is 405 g/mol. The Labute approximate surface area is 144 Å². The molecule has 0 saturated heterocycles. The summed E-state index contributed by atoms with van der Waals surface area (Å²) in [6, 6.07) is 3.53. The molecule has 0 fully saturated rings. The summed E-state index contributed by atoms with van der Waals surface area (Å²) in [5, 5.41) is 5.13. The quantitative estimate of drug-likeness (QED) is 0.736. The van der Waals surface area contributed by atoms with Crippen molar-refractivity contribution in [2.45, 2.75) is 24.8 Å². The number of likely N-dealkylation sites (N-methyl/N-ethyl adjacent to an activating group) is 1. The third-order valence-corrected chi connectivity index (χ3v) is 5.85. The molecule has 0 unspecified atom stereocenters. The van der Waals surface area contributed by atoms with Gasteiger partial charge in [-0.1, -0.05) is 0 Å². The smallest absolute Gasteiger partial charge is 0.251 e. The van der Waals surface area contributed by atoms with Crippen LogP contribution in [0.3, 0.4) is 0 Å². The zero-order valence-corrected chi connectivity index (χ0v) is 15.8. The van der Waals surface area contributed by atoms with E-state index in [0.29, 0.717) is 11.0 Å². The number of amides is 2. The summed E-state index contributed by atoms with van der Waals surface area (Å²) in [7, 11) is -0.873. The van der Waals surface area contributed by atoms with Crippen LogP contribution in [0.4, 0.5) is 0 Å². The molecular formula is C14H20BrN3O4S. The minimum Gasteiger partial charge on any atom is -0.355 e. The molecule has 0 bridgehead atoms. The molecule has 0 heterocycles. The van der Waals surface area contributed by atoms with Crippen LogP contribution in [0.2, 0.25) is 0 Å². The summed E-state index contributed by atoms with van der Waals surface area (Å²) in [5.74, 6) is -0.828. The number of benzene rings is 1. The van der Waals surface area contributed by atoms with Crippen molar-refractivity contribution in [3.63, 3.8) is 0 Å². The fourth-order valence-electron chi connectivity index (χ4n) is 1.71. The van der Waals surface area contributed by atoms with Gasteiger partial charge in [0.05, 0.1) is 4.90 Å². The highest BCUT2D eigenvalue weighted by Gasteiger charge is 2.23. The normalized spacial score (nSPS) is 12.8. The molecule has 7 nitrogen and oxygen atoms in total. The van der Waals surface area contributed by atoms with Crippen LogP contribution in [0, 0.1) is 0 Å². The van der Waals surface area contributed by atoms with Gasteiger partial charge >= 0.3 is 0 Å². The number of carbonyl (C=O) groups excluding carboxylic acids is 2. The van der Waals surface area contributed by atoms with Gasteiger partial charge in [0, 0.05) is 30.7 Å². The second kappa shape index (κ2) is 7.89. The number of hydrogen-bond acceptors (Lipinski definition) is 4. The summed E-state index contributed by atoms with van der Waals surface area (Å²) in [4.78, 5) is 23.8. The Morgan fingerprint density at radius 1 is 1.30 bits per heavy atom. The van der Waals surface area contributed by atoms with Gasteiger partial charge < -0.3 is 10.6 Å². The minimum absolute atomic E-state index is 0.0131. The van der Waals surface area contributed by atoms with Gasteiger partial charge in [-0.15, -0.1) is 0 Å². The molecule has 1 atom stereocenters. The fraction of sp³-hybridized carbons (Fsp3) is 0.429. The van der Waals surface area contributed by atoms with Gasteiger partial charge in [0.15, 0.2) is 0 Å². The largest absolute Gasteiger partial charge is 0.355 e. The minimum atomic E-state index is -3.69. The van der Waals surface area contributed by atoms with E-state index < -0.39 is 22.0 Å². The lowest BCUT2D eigenvalue weighted by atomic mass is 10.2. The SMILES string of the molecule is CCNC(=O)[C@@H](C)NC(=O)c1ccc(Br)c(S(=O)(=O)N(C)C)c1. The number of hydrogen-bond donors (Lipinski definition) is 2. The molecule has 0 aliphatic heterocycles. The second-order valence-electron chi connectivity index (χ2n) is 5.02. The molecule has 2 N–H and O–H groups in total. The summed E-state index contributed by atoms with van der Waals surface area (Å²) in [6.07, 6.45) is 0. The van der Waals surface area contributed by atoms with E-state index in [9.17, 15) is 18.0 Å². The van der Waals surface area contributed by atoms with Crippen LogP contribution in [0.15, 0.2) is 27.6 Å². The fourth-order valence-corrected chi connectivity index (χ4v) is 3.56. The first-order valence-electron chi connectivity index (χ1n) is 6.92. The maximum atomic E-state index is 12.2. The van der Waals surface area contributed by atoms with E-state index in [-0.39, 0.29) is 16.4 Å². The number of carbonyl (C=O) groups is 2. The van der Waals surface area contributed by atoms with Gasteiger partial charge in [0.25, 0.3) is 5.91 Å². The highest BCUT2D eigenvalue weighted by Crippen LogP contribution is 2.25. The third-order valence-electron chi connectivity index (χ3n) is 3.04. The Balaban J connectivity index is 3.07. The number of nitrogens with one attached hydrogen (secondary N) is 2. The van der Waals surface area contributed by atoms with Crippen molar-refractivity contribution in [2.75, 3.05) is 20.6 Å². The van der Waals surface area contributed by atoms with E-state index in [1.54, 1.807) is 13.8 Å². The molecule has 128 valence electrons. The van der Waals surface area contributed by atoms with Crippen LogP contribution >= 0.6 is 15.9 Å². The van der Waals surface area contributed by atoms with Gasteiger partial charge in [-0.25, -0.2) is 12.7 Å². The molecule has 9 heteroatoms. The number of halogens is 1. The molecule has 0 saturated carbocycles. The van der Waals surface area contributed by atoms with E-state index in [2.05, 4.69) is 26.6 Å². The number of sulfonamides is 1. The van der Waals surface area contributed by atoms with Crippen LogP contribution in [-0.2, 0) is 14.8 Å². The third kappa shape index (κ3) is 4.76. The molecule has 0 aromatic heterocycles. The first kappa shape index (κ1) is 19.6. The van der Waals surface area contributed by atoms with E-state index >= 15 is 0 Å². The molecule has 2 amide bonds. The Kier molecular flexibility index (Phi) is 6.72. The predicted octanol–water partition coefficient (Wildman–Crippen LogP) is 0.954. The molecular weight excluding hydrogens is 386 g/mol. The molecule has 0 spiro atoms. The maximum absolute atomic E-state index is 12.2. The highest BCUT2D eigenvalue weighted by atomic mass is 79.9. The van der Waals surface area contributed by atoms with Crippen molar-refractivity contribution in [3.8, 4) is 0 Å². The van der Waals surface area contributed by atoms with Crippen molar-refractivity contribution in [3.05, 3.63) is 28.2 Å². The van der Waals surface area contributed by atoms with Crippen molar-refractivity contribution >= 4 is 37.8 Å². The number of rotatable bonds is 6. The second-order valence-corrected chi connectivity index (χ2v) is 8.00. The topological polar surface area (TPSA) is 95.6 Å².